The molecule has 0 aliphatic carbocycles. The fraction of sp³-hybridized carbons (Fsp3) is 0.100. The maximum absolute atomic E-state index is 10.4. The van der Waals surface area contributed by atoms with Gasteiger partial charge < -0.3 is 14.6 Å². The van der Waals surface area contributed by atoms with E-state index in [1.807, 2.05) is 0 Å². The predicted molar refractivity (Wildman–Crippen MR) is 54.2 cm³/mol. The van der Waals surface area contributed by atoms with Gasteiger partial charge in [-0.05, 0) is 18.2 Å². The molecule has 2 aromatic rings. The molecule has 1 heterocycles. The van der Waals surface area contributed by atoms with Gasteiger partial charge in [-0.1, -0.05) is 11.6 Å². The van der Waals surface area contributed by atoms with E-state index >= 15 is 0 Å². The highest BCUT2D eigenvalue weighted by Crippen LogP contribution is 2.34. The van der Waals surface area contributed by atoms with Crippen molar-refractivity contribution in [2.24, 2.45) is 0 Å². The number of halogens is 1. The van der Waals surface area contributed by atoms with Gasteiger partial charge in [0.15, 0.2) is 0 Å². The summed E-state index contributed by atoms with van der Waals surface area (Å²) in [6.45, 7) is 0. The highest BCUT2D eigenvalue weighted by Gasteiger charge is 2.12. The molecular formula is C10H7ClO4. The largest absolute Gasteiger partial charge is 0.506 e. The molecule has 4 nitrogen and oxygen atoms in total. The maximum Gasteiger partial charge on any atom is 0.311 e. The van der Waals surface area contributed by atoms with Gasteiger partial charge in [-0.3, -0.25) is 4.79 Å². The Bertz CT molecular complexity index is 529. The number of carboxylic acids is 1. The molecule has 0 saturated heterocycles. The summed E-state index contributed by atoms with van der Waals surface area (Å²) in [6, 6.07) is 4.56. The zero-order valence-corrected chi connectivity index (χ0v) is 8.28. The Morgan fingerprint density at radius 1 is 1.47 bits per heavy atom. The fourth-order valence-corrected chi connectivity index (χ4v) is 1.52. The van der Waals surface area contributed by atoms with Gasteiger partial charge in [0, 0.05) is 0 Å². The van der Waals surface area contributed by atoms with Crippen molar-refractivity contribution >= 4 is 28.5 Å². The maximum atomic E-state index is 10.4. The van der Waals surface area contributed by atoms with Crippen molar-refractivity contribution in [2.45, 2.75) is 6.42 Å². The molecule has 5 heteroatoms. The molecule has 0 fully saturated rings. The van der Waals surface area contributed by atoms with Crippen molar-refractivity contribution in [3.8, 4) is 5.75 Å². The van der Waals surface area contributed by atoms with Crippen LogP contribution in [-0.4, -0.2) is 16.2 Å². The van der Waals surface area contributed by atoms with Gasteiger partial charge in [-0.2, -0.15) is 0 Å². The summed E-state index contributed by atoms with van der Waals surface area (Å²) in [7, 11) is 0. The van der Waals surface area contributed by atoms with Crippen molar-refractivity contribution in [1.82, 2.24) is 0 Å². The third kappa shape index (κ3) is 1.76. The molecule has 0 aliphatic rings. The first kappa shape index (κ1) is 9.86. The summed E-state index contributed by atoms with van der Waals surface area (Å²) in [5.41, 5.74) is 0.424. The highest BCUT2D eigenvalue weighted by atomic mass is 35.5. The van der Waals surface area contributed by atoms with Crippen LogP contribution in [0.1, 0.15) is 5.76 Å². The Balaban J connectivity index is 2.56. The number of fused-ring (bicyclic) bond motifs is 1. The monoisotopic (exact) mass is 226 g/mol. The lowest BCUT2D eigenvalue weighted by Gasteiger charge is -1.94. The van der Waals surface area contributed by atoms with Gasteiger partial charge in [0.1, 0.15) is 23.5 Å². The van der Waals surface area contributed by atoms with E-state index < -0.39 is 5.97 Å². The van der Waals surface area contributed by atoms with Crippen LogP contribution in [0.4, 0.5) is 0 Å². The number of phenolic OH excluding ortho intramolecular Hbond substituents is 1. The van der Waals surface area contributed by atoms with Crippen LogP contribution in [0.3, 0.4) is 0 Å². The molecule has 0 unspecified atom stereocenters. The molecule has 0 spiro atoms. The first-order chi connectivity index (χ1) is 7.08. The minimum absolute atomic E-state index is 0.0884. The summed E-state index contributed by atoms with van der Waals surface area (Å²) in [5.74, 6) is -0.788. The first-order valence-corrected chi connectivity index (χ1v) is 4.57. The third-order valence-electron chi connectivity index (χ3n) is 2.00. The quantitative estimate of drug-likeness (QED) is 0.825. The molecule has 1 aromatic carbocycles. The normalized spacial score (nSPS) is 10.7. The molecule has 2 rings (SSSR count). The lowest BCUT2D eigenvalue weighted by Crippen LogP contribution is -1.97. The highest BCUT2D eigenvalue weighted by molar-refractivity contribution is 6.33. The van der Waals surface area contributed by atoms with E-state index in [4.69, 9.17) is 21.1 Å². The molecular weight excluding hydrogens is 220 g/mol. The second kappa shape index (κ2) is 3.47. The number of rotatable bonds is 2. The lowest BCUT2D eigenvalue weighted by molar-refractivity contribution is -0.136. The average molecular weight is 227 g/mol. The topological polar surface area (TPSA) is 70.7 Å². The van der Waals surface area contributed by atoms with Crippen LogP contribution in [-0.2, 0) is 11.2 Å². The predicted octanol–water partition coefficient (Wildman–Crippen LogP) is 2.42. The first-order valence-electron chi connectivity index (χ1n) is 4.19. The second-order valence-corrected chi connectivity index (χ2v) is 3.50. The van der Waals surface area contributed by atoms with Gasteiger partial charge >= 0.3 is 5.97 Å². The zero-order valence-electron chi connectivity index (χ0n) is 7.53. The minimum atomic E-state index is -0.986. The van der Waals surface area contributed by atoms with Gasteiger partial charge in [0.2, 0.25) is 0 Å². The van der Waals surface area contributed by atoms with E-state index in [9.17, 15) is 9.90 Å². The minimum Gasteiger partial charge on any atom is -0.506 e. The number of hydrogen-bond donors (Lipinski definition) is 2. The van der Waals surface area contributed by atoms with Crippen molar-refractivity contribution in [3.05, 3.63) is 29.0 Å². The molecule has 0 atom stereocenters. The van der Waals surface area contributed by atoms with Gasteiger partial charge in [0.05, 0.1) is 10.4 Å². The summed E-state index contributed by atoms with van der Waals surface area (Å²) in [6.07, 6.45) is -0.217. The van der Waals surface area contributed by atoms with Crippen LogP contribution in [0.5, 0.6) is 5.75 Å². The number of carboxylic acid groups (broad SMARTS) is 1. The van der Waals surface area contributed by atoms with Crippen molar-refractivity contribution in [2.75, 3.05) is 0 Å². The Morgan fingerprint density at radius 3 is 2.87 bits per heavy atom. The SMILES string of the molecule is O=C(O)Cc1cc2c(O)c(Cl)ccc2o1. The standard InChI is InChI=1S/C10H7ClO4/c11-7-1-2-8-6(10(7)14)3-5(15-8)4-9(12)13/h1-3,14H,4H2,(H,12,13). The van der Waals surface area contributed by atoms with E-state index in [0.717, 1.165) is 0 Å². The summed E-state index contributed by atoms with van der Waals surface area (Å²) < 4.78 is 5.22. The Hall–Kier alpha value is -1.68. The number of carbonyl (C=O) groups is 1. The van der Waals surface area contributed by atoms with E-state index in [2.05, 4.69) is 0 Å². The van der Waals surface area contributed by atoms with Crippen LogP contribution in [0.15, 0.2) is 22.6 Å². The van der Waals surface area contributed by atoms with Crippen LogP contribution >= 0.6 is 11.6 Å². The van der Waals surface area contributed by atoms with Crippen molar-refractivity contribution in [3.63, 3.8) is 0 Å². The van der Waals surface area contributed by atoms with Gasteiger partial charge in [-0.25, -0.2) is 0 Å². The molecule has 15 heavy (non-hydrogen) atoms. The van der Waals surface area contributed by atoms with E-state index in [1.165, 1.54) is 12.1 Å². The molecule has 1 aromatic heterocycles. The average Bonchev–Trinajstić information content (AvgIpc) is 2.54. The van der Waals surface area contributed by atoms with Gasteiger partial charge in [-0.15, -0.1) is 0 Å². The number of phenols is 1. The zero-order chi connectivity index (χ0) is 11.0. The van der Waals surface area contributed by atoms with Crippen LogP contribution in [0.25, 0.3) is 11.0 Å². The third-order valence-corrected chi connectivity index (χ3v) is 2.30. The summed E-state index contributed by atoms with van der Waals surface area (Å²) in [5, 5.41) is 18.8. The van der Waals surface area contributed by atoms with Crippen LogP contribution < -0.4 is 0 Å². The molecule has 78 valence electrons. The van der Waals surface area contributed by atoms with E-state index in [0.29, 0.717) is 11.0 Å². The smallest absolute Gasteiger partial charge is 0.311 e. The van der Waals surface area contributed by atoms with Gasteiger partial charge in [0.25, 0.3) is 0 Å². The lowest BCUT2D eigenvalue weighted by atomic mass is 10.2. The molecule has 0 amide bonds. The number of benzene rings is 1. The van der Waals surface area contributed by atoms with E-state index in [1.54, 1.807) is 6.07 Å². The van der Waals surface area contributed by atoms with Crippen molar-refractivity contribution < 1.29 is 19.4 Å². The number of aliphatic carboxylic acids is 1. The number of furan rings is 1. The Morgan fingerprint density at radius 2 is 2.20 bits per heavy atom. The van der Waals surface area contributed by atoms with E-state index in [-0.39, 0.29) is 23.0 Å². The fourth-order valence-electron chi connectivity index (χ4n) is 1.36. The number of hydrogen-bond acceptors (Lipinski definition) is 3. The molecule has 2 N–H and O–H groups in total. The molecule has 0 bridgehead atoms. The Kier molecular flexibility index (Phi) is 2.28. The molecule has 0 saturated carbocycles. The van der Waals surface area contributed by atoms with Crippen LogP contribution in [0.2, 0.25) is 5.02 Å². The molecule has 0 aliphatic heterocycles. The second-order valence-electron chi connectivity index (χ2n) is 3.09. The molecule has 0 radical (unpaired) electrons. The summed E-state index contributed by atoms with van der Waals surface area (Å²) >= 11 is 5.69. The van der Waals surface area contributed by atoms with Crippen molar-refractivity contribution in [1.29, 1.82) is 0 Å². The number of aromatic hydroxyl groups is 1. The van der Waals surface area contributed by atoms with Crippen LogP contribution in [0, 0.1) is 0 Å². The summed E-state index contributed by atoms with van der Waals surface area (Å²) in [4.78, 5) is 10.4. The Labute approximate surface area is 89.7 Å².